The molecule has 1 amide bonds. The summed E-state index contributed by atoms with van der Waals surface area (Å²) in [6.45, 7) is 2.01. The number of nitrogens with two attached hydrogens (primary N) is 1. The fourth-order valence-corrected chi connectivity index (χ4v) is 4.96. The maximum atomic E-state index is 13.3. The molecule has 0 bridgehead atoms. The SMILES string of the molecule is CSCC[C@H](NC(=O)c1ccc(CCc2ccc(Oc3ccccc3N)cc2)cc1-c1ccccc1C)C(=O)O. The van der Waals surface area contributed by atoms with Gasteiger partial charge in [-0.25, -0.2) is 4.79 Å². The van der Waals surface area contributed by atoms with Gasteiger partial charge in [-0.3, -0.25) is 4.79 Å². The lowest BCUT2D eigenvalue weighted by molar-refractivity contribution is -0.139. The molecule has 6 nitrogen and oxygen atoms in total. The van der Waals surface area contributed by atoms with Crippen molar-refractivity contribution in [3.8, 4) is 22.6 Å². The maximum Gasteiger partial charge on any atom is 0.326 e. The van der Waals surface area contributed by atoms with Gasteiger partial charge in [0.2, 0.25) is 0 Å². The third-order valence-corrected chi connectivity index (χ3v) is 7.39. The lowest BCUT2D eigenvalue weighted by Crippen LogP contribution is -2.41. The first-order valence-electron chi connectivity index (χ1n) is 13.2. The molecular formula is C33H34N2O4S. The molecule has 0 radical (unpaired) electrons. The summed E-state index contributed by atoms with van der Waals surface area (Å²) in [4.78, 5) is 25.0. The molecule has 0 aliphatic carbocycles. The van der Waals surface area contributed by atoms with Crippen LogP contribution >= 0.6 is 11.8 Å². The molecule has 1 atom stereocenters. The molecule has 0 aromatic heterocycles. The number of carboxylic acid groups (broad SMARTS) is 1. The molecule has 4 rings (SSSR count). The molecule has 0 aliphatic heterocycles. The molecule has 206 valence electrons. The molecule has 4 aromatic carbocycles. The number of hydrogen-bond donors (Lipinski definition) is 3. The van der Waals surface area contributed by atoms with Crippen molar-refractivity contribution in [1.29, 1.82) is 0 Å². The van der Waals surface area contributed by atoms with Crippen molar-refractivity contribution in [1.82, 2.24) is 5.32 Å². The number of rotatable bonds is 12. The van der Waals surface area contributed by atoms with E-state index in [0.29, 0.717) is 29.2 Å². The summed E-state index contributed by atoms with van der Waals surface area (Å²) >= 11 is 1.55. The van der Waals surface area contributed by atoms with Gasteiger partial charge in [0, 0.05) is 5.56 Å². The number of aliphatic carboxylic acids is 1. The van der Waals surface area contributed by atoms with Crippen molar-refractivity contribution in [3.05, 3.63) is 113 Å². The standard InChI is InChI=1S/C33H34N2O4S/c1-22-7-3-4-8-26(22)28-21-24(15-18-27(28)32(36)35-30(33(37)38)19-20-40-2)12-11-23-13-16-25(17-14-23)39-31-10-6-5-9-29(31)34/h3-10,13-18,21,30H,11-12,19-20,34H2,1-2H3,(H,35,36)(H,37,38)/t30-/m0/s1. The van der Waals surface area contributed by atoms with Crippen LogP contribution in [0.3, 0.4) is 0 Å². The van der Waals surface area contributed by atoms with E-state index in [4.69, 9.17) is 10.5 Å². The van der Waals surface area contributed by atoms with Crippen LogP contribution in [0.1, 0.15) is 33.5 Å². The zero-order valence-corrected chi connectivity index (χ0v) is 23.5. The van der Waals surface area contributed by atoms with E-state index in [1.54, 1.807) is 23.9 Å². The summed E-state index contributed by atoms with van der Waals surface area (Å²) in [7, 11) is 0. The van der Waals surface area contributed by atoms with E-state index in [0.717, 1.165) is 46.4 Å². The van der Waals surface area contributed by atoms with E-state index in [-0.39, 0.29) is 5.91 Å². The second-order valence-electron chi connectivity index (χ2n) is 9.62. The predicted octanol–water partition coefficient (Wildman–Crippen LogP) is 6.76. The van der Waals surface area contributed by atoms with Crippen LogP contribution in [0.5, 0.6) is 11.5 Å². The summed E-state index contributed by atoms with van der Waals surface area (Å²) in [5.74, 6) is 0.583. The number of nitrogen functional groups attached to an aromatic ring is 1. The molecule has 0 saturated heterocycles. The van der Waals surface area contributed by atoms with Crippen LogP contribution in [-0.4, -0.2) is 35.0 Å². The number of hydrogen-bond acceptors (Lipinski definition) is 5. The van der Waals surface area contributed by atoms with Crippen LogP contribution in [0.15, 0.2) is 91.0 Å². The first kappa shape index (κ1) is 28.8. The Balaban J connectivity index is 1.52. The smallest absolute Gasteiger partial charge is 0.326 e. The Morgan fingerprint density at radius 2 is 1.57 bits per heavy atom. The first-order chi connectivity index (χ1) is 19.4. The molecule has 4 N–H and O–H groups in total. The number of carboxylic acids is 1. The van der Waals surface area contributed by atoms with Crippen LogP contribution in [0.25, 0.3) is 11.1 Å². The molecule has 0 fully saturated rings. The minimum Gasteiger partial charge on any atom is -0.480 e. The van der Waals surface area contributed by atoms with Gasteiger partial charge in [0.1, 0.15) is 17.5 Å². The van der Waals surface area contributed by atoms with E-state index in [2.05, 4.69) is 5.32 Å². The number of thioether (sulfide) groups is 1. The molecule has 0 saturated carbocycles. The van der Waals surface area contributed by atoms with Crippen molar-refractivity contribution >= 4 is 29.3 Å². The molecule has 0 spiro atoms. The van der Waals surface area contributed by atoms with Crippen LogP contribution < -0.4 is 15.8 Å². The molecule has 40 heavy (non-hydrogen) atoms. The highest BCUT2D eigenvalue weighted by molar-refractivity contribution is 7.98. The van der Waals surface area contributed by atoms with Crippen molar-refractivity contribution < 1.29 is 19.4 Å². The third kappa shape index (κ3) is 7.45. The van der Waals surface area contributed by atoms with Gasteiger partial charge < -0.3 is 20.9 Å². The summed E-state index contributed by atoms with van der Waals surface area (Å²) in [6.07, 6.45) is 3.86. The fourth-order valence-electron chi connectivity index (χ4n) is 4.49. The van der Waals surface area contributed by atoms with Gasteiger partial charge in [0.25, 0.3) is 5.91 Å². The molecular weight excluding hydrogens is 520 g/mol. The highest BCUT2D eigenvalue weighted by atomic mass is 32.2. The van der Waals surface area contributed by atoms with Crippen LogP contribution in [0.4, 0.5) is 5.69 Å². The molecule has 0 heterocycles. The van der Waals surface area contributed by atoms with Gasteiger partial charge in [-0.15, -0.1) is 0 Å². The highest BCUT2D eigenvalue weighted by Crippen LogP contribution is 2.30. The average Bonchev–Trinajstić information content (AvgIpc) is 2.96. The summed E-state index contributed by atoms with van der Waals surface area (Å²) < 4.78 is 5.90. The Hall–Kier alpha value is -4.23. The normalized spacial score (nSPS) is 11.6. The maximum absolute atomic E-state index is 13.3. The van der Waals surface area contributed by atoms with Crippen LogP contribution in [-0.2, 0) is 17.6 Å². The van der Waals surface area contributed by atoms with Gasteiger partial charge in [0.15, 0.2) is 0 Å². The average molecular weight is 555 g/mol. The van der Waals surface area contributed by atoms with E-state index in [9.17, 15) is 14.7 Å². The van der Waals surface area contributed by atoms with E-state index in [1.807, 2.05) is 92.0 Å². The van der Waals surface area contributed by atoms with Crippen molar-refractivity contribution in [2.75, 3.05) is 17.7 Å². The molecule has 4 aromatic rings. The van der Waals surface area contributed by atoms with Crippen molar-refractivity contribution in [3.63, 3.8) is 0 Å². The minimum absolute atomic E-state index is 0.364. The minimum atomic E-state index is -1.03. The number of carbonyl (C=O) groups is 2. The largest absolute Gasteiger partial charge is 0.480 e. The monoisotopic (exact) mass is 554 g/mol. The third-order valence-electron chi connectivity index (χ3n) is 6.75. The van der Waals surface area contributed by atoms with Gasteiger partial charge in [-0.2, -0.15) is 11.8 Å². The van der Waals surface area contributed by atoms with E-state index >= 15 is 0 Å². The molecule has 0 aliphatic rings. The lowest BCUT2D eigenvalue weighted by Gasteiger charge is -2.18. The van der Waals surface area contributed by atoms with E-state index in [1.165, 1.54) is 0 Å². The van der Waals surface area contributed by atoms with Crippen LogP contribution in [0, 0.1) is 6.92 Å². The zero-order valence-electron chi connectivity index (χ0n) is 22.7. The first-order valence-corrected chi connectivity index (χ1v) is 14.6. The predicted molar refractivity (Wildman–Crippen MR) is 163 cm³/mol. The van der Waals surface area contributed by atoms with Crippen molar-refractivity contribution in [2.24, 2.45) is 0 Å². The van der Waals surface area contributed by atoms with E-state index < -0.39 is 12.0 Å². The van der Waals surface area contributed by atoms with Gasteiger partial charge in [0.05, 0.1) is 5.69 Å². The zero-order chi connectivity index (χ0) is 28.5. The Morgan fingerprint density at radius 3 is 2.27 bits per heavy atom. The molecule has 7 heteroatoms. The Bertz CT molecular complexity index is 1470. The highest BCUT2D eigenvalue weighted by Gasteiger charge is 2.22. The number of carbonyl (C=O) groups excluding carboxylic acids is 1. The van der Waals surface area contributed by atoms with Gasteiger partial charge in [-0.05, 0) is 96.3 Å². The number of amides is 1. The topological polar surface area (TPSA) is 102 Å². The number of aryl methyl sites for hydroxylation is 3. The Labute approximate surface area is 239 Å². The second-order valence-corrected chi connectivity index (χ2v) is 10.6. The Morgan fingerprint density at radius 1 is 0.900 bits per heavy atom. The Kier molecular flexibility index (Phi) is 9.86. The number of benzene rings is 4. The molecule has 0 unspecified atom stereocenters. The van der Waals surface area contributed by atoms with Crippen molar-refractivity contribution in [2.45, 2.75) is 32.2 Å². The number of para-hydroxylation sites is 2. The van der Waals surface area contributed by atoms with Gasteiger partial charge >= 0.3 is 5.97 Å². The number of nitrogens with one attached hydrogen (secondary N) is 1. The number of ether oxygens (including phenoxy) is 1. The summed E-state index contributed by atoms with van der Waals surface area (Å²) in [6, 6.07) is 28.1. The summed E-state index contributed by atoms with van der Waals surface area (Å²) in [5, 5.41) is 12.3. The summed E-state index contributed by atoms with van der Waals surface area (Å²) in [5.41, 5.74) is 12.1. The van der Waals surface area contributed by atoms with Crippen LogP contribution in [0.2, 0.25) is 0 Å². The quantitative estimate of drug-likeness (QED) is 0.167. The number of anilines is 1. The fraction of sp³-hybridized carbons (Fsp3) is 0.212. The lowest BCUT2D eigenvalue weighted by atomic mass is 9.92. The second kappa shape index (κ2) is 13.7. The van der Waals surface area contributed by atoms with Gasteiger partial charge in [-0.1, -0.05) is 60.7 Å².